The van der Waals surface area contributed by atoms with E-state index in [4.69, 9.17) is 10.5 Å². The number of hydrogen-bond acceptors (Lipinski definition) is 4. The minimum absolute atomic E-state index is 0.196. The molecule has 1 aromatic rings. The number of rotatable bonds is 4. The number of nitrogens with two attached hydrogens (primary N) is 1. The minimum Gasteiger partial charge on any atom is -0.483 e. The number of carbonyl (C=O) groups excluding carboxylic acids is 3. The van der Waals surface area contributed by atoms with Crippen molar-refractivity contribution < 1.29 is 19.1 Å². The van der Waals surface area contributed by atoms with Crippen LogP contribution in [0.3, 0.4) is 0 Å². The smallest absolute Gasteiger partial charge is 0.324 e. The number of urea groups is 1. The van der Waals surface area contributed by atoms with Gasteiger partial charge in [-0.1, -0.05) is 12.1 Å². The van der Waals surface area contributed by atoms with E-state index >= 15 is 0 Å². The Balaban J connectivity index is 2.01. The molecule has 0 bridgehead atoms. The number of nitrogens with zero attached hydrogens (tertiary/aromatic N) is 1. The predicted octanol–water partition coefficient (Wildman–Crippen LogP) is -0.284. The topological polar surface area (TPSA) is 102 Å². The van der Waals surface area contributed by atoms with Gasteiger partial charge in [-0.3, -0.25) is 14.5 Å². The van der Waals surface area contributed by atoms with Crippen LogP contribution in [0, 0.1) is 0 Å². The van der Waals surface area contributed by atoms with Crippen LogP contribution in [0.2, 0.25) is 0 Å². The molecule has 0 spiro atoms. The third-order valence-corrected chi connectivity index (χ3v) is 2.66. The van der Waals surface area contributed by atoms with Crippen LogP contribution in [-0.4, -0.2) is 42.4 Å². The number of imide groups is 1. The molecule has 0 atom stereocenters. The predicted molar refractivity (Wildman–Crippen MR) is 65.6 cm³/mol. The standard InChI is InChI=1S/C12H13N3O4/c13-11(17)8-3-1-2-4-9(8)19-7-10(16)15-6-5-14-12(15)18/h1-4H,5-7H2,(H2,13,17)(H,14,18). The molecule has 0 radical (unpaired) electrons. The molecular formula is C12H13N3O4. The zero-order valence-corrected chi connectivity index (χ0v) is 10.1. The summed E-state index contributed by atoms with van der Waals surface area (Å²) in [6, 6.07) is 5.91. The van der Waals surface area contributed by atoms with E-state index in [1.54, 1.807) is 12.1 Å². The molecule has 1 fully saturated rings. The number of hydrogen-bond donors (Lipinski definition) is 2. The molecule has 7 heteroatoms. The van der Waals surface area contributed by atoms with Crippen LogP contribution < -0.4 is 15.8 Å². The fourth-order valence-corrected chi connectivity index (χ4v) is 1.72. The summed E-state index contributed by atoms with van der Waals surface area (Å²) in [4.78, 5) is 35.2. The summed E-state index contributed by atoms with van der Waals surface area (Å²) in [6.07, 6.45) is 0. The molecule has 7 nitrogen and oxygen atoms in total. The first kappa shape index (κ1) is 12.9. The van der Waals surface area contributed by atoms with Crippen molar-refractivity contribution in [2.75, 3.05) is 19.7 Å². The van der Waals surface area contributed by atoms with Gasteiger partial charge in [0.1, 0.15) is 5.75 Å². The Kier molecular flexibility index (Phi) is 3.65. The van der Waals surface area contributed by atoms with E-state index in [2.05, 4.69) is 5.32 Å². The van der Waals surface area contributed by atoms with E-state index in [1.807, 2.05) is 0 Å². The molecule has 100 valence electrons. The van der Waals surface area contributed by atoms with Crippen LogP contribution in [-0.2, 0) is 4.79 Å². The Morgan fingerprint density at radius 1 is 1.37 bits per heavy atom. The van der Waals surface area contributed by atoms with Crippen molar-refractivity contribution in [3.63, 3.8) is 0 Å². The third-order valence-electron chi connectivity index (χ3n) is 2.66. The van der Waals surface area contributed by atoms with Gasteiger partial charge in [-0.2, -0.15) is 0 Å². The quantitative estimate of drug-likeness (QED) is 0.779. The number of benzene rings is 1. The average Bonchev–Trinajstić information content (AvgIpc) is 2.82. The lowest BCUT2D eigenvalue weighted by Gasteiger charge is -2.13. The lowest BCUT2D eigenvalue weighted by Crippen LogP contribution is -2.37. The van der Waals surface area contributed by atoms with Crippen molar-refractivity contribution in [2.45, 2.75) is 0 Å². The van der Waals surface area contributed by atoms with Gasteiger partial charge in [0.05, 0.1) is 5.56 Å². The van der Waals surface area contributed by atoms with Gasteiger partial charge in [0.2, 0.25) is 0 Å². The minimum atomic E-state index is -0.637. The fourth-order valence-electron chi connectivity index (χ4n) is 1.72. The van der Waals surface area contributed by atoms with Crippen LogP contribution >= 0.6 is 0 Å². The summed E-state index contributed by atoms with van der Waals surface area (Å²) in [5.74, 6) is -0.876. The van der Waals surface area contributed by atoms with Gasteiger partial charge in [-0.05, 0) is 12.1 Å². The highest BCUT2D eigenvalue weighted by Crippen LogP contribution is 2.17. The van der Waals surface area contributed by atoms with Gasteiger partial charge in [-0.25, -0.2) is 4.79 Å². The first-order valence-electron chi connectivity index (χ1n) is 5.69. The number of ether oxygens (including phenoxy) is 1. The summed E-state index contributed by atoms with van der Waals surface area (Å²) in [5.41, 5.74) is 5.38. The van der Waals surface area contributed by atoms with Crippen LogP contribution in [0.5, 0.6) is 5.75 Å². The highest BCUT2D eigenvalue weighted by atomic mass is 16.5. The molecule has 19 heavy (non-hydrogen) atoms. The summed E-state index contributed by atoms with van der Waals surface area (Å²) < 4.78 is 5.25. The number of primary amides is 1. The lowest BCUT2D eigenvalue weighted by molar-refractivity contribution is -0.129. The van der Waals surface area contributed by atoms with Gasteiger partial charge >= 0.3 is 6.03 Å². The Bertz CT molecular complexity index is 529. The van der Waals surface area contributed by atoms with E-state index in [-0.39, 0.29) is 17.9 Å². The molecular weight excluding hydrogens is 250 g/mol. The van der Waals surface area contributed by atoms with Crippen molar-refractivity contribution >= 4 is 17.8 Å². The molecule has 2 rings (SSSR count). The maximum atomic E-state index is 11.7. The maximum Gasteiger partial charge on any atom is 0.324 e. The van der Waals surface area contributed by atoms with E-state index in [1.165, 1.54) is 12.1 Å². The largest absolute Gasteiger partial charge is 0.483 e. The monoisotopic (exact) mass is 263 g/mol. The second kappa shape index (κ2) is 5.38. The average molecular weight is 263 g/mol. The van der Waals surface area contributed by atoms with E-state index < -0.39 is 17.8 Å². The van der Waals surface area contributed by atoms with E-state index in [9.17, 15) is 14.4 Å². The molecule has 1 aromatic carbocycles. The normalized spacial score (nSPS) is 14.1. The number of nitrogens with one attached hydrogen (secondary N) is 1. The summed E-state index contributed by atoms with van der Waals surface area (Å²) in [5, 5.41) is 2.51. The SMILES string of the molecule is NC(=O)c1ccccc1OCC(=O)N1CCNC1=O. The highest BCUT2D eigenvalue weighted by molar-refractivity contribution is 5.97. The van der Waals surface area contributed by atoms with Crippen LogP contribution in [0.4, 0.5) is 4.79 Å². The van der Waals surface area contributed by atoms with Crippen LogP contribution in [0.15, 0.2) is 24.3 Å². The third kappa shape index (κ3) is 2.82. The van der Waals surface area contributed by atoms with Crippen LogP contribution in [0.1, 0.15) is 10.4 Å². The van der Waals surface area contributed by atoms with Gasteiger partial charge in [0, 0.05) is 13.1 Å². The van der Waals surface area contributed by atoms with Gasteiger partial charge in [-0.15, -0.1) is 0 Å². The molecule has 1 aliphatic heterocycles. The Morgan fingerprint density at radius 3 is 2.74 bits per heavy atom. The van der Waals surface area contributed by atoms with E-state index in [0.717, 1.165) is 4.90 Å². The van der Waals surface area contributed by atoms with Gasteiger partial charge < -0.3 is 15.8 Å². The summed E-state index contributed by atoms with van der Waals surface area (Å²) in [6.45, 7) is 0.429. The van der Waals surface area contributed by atoms with Crippen molar-refractivity contribution in [3.05, 3.63) is 29.8 Å². The second-order valence-electron chi connectivity index (χ2n) is 3.93. The Labute approximate surface area is 109 Å². The number of carbonyl (C=O) groups is 3. The van der Waals surface area contributed by atoms with Crippen LogP contribution in [0.25, 0.3) is 0 Å². The van der Waals surface area contributed by atoms with Gasteiger partial charge in [0.15, 0.2) is 6.61 Å². The molecule has 1 aliphatic rings. The first-order chi connectivity index (χ1) is 9.09. The molecule has 4 amide bonds. The molecule has 0 saturated carbocycles. The lowest BCUT2D eigenvalue weighted by atomic mass is 10.2. The summed E-state index contributed by atoms with van der Waals surface area (Å²) in [7, 11) is 0. The second-order valence-corrected chi connectivity index (χ2v) is 3.93. The van der Waals surface area contributed by atoms with Crippen molar-refractivity contribution in [3.8, 4) is 5.75 Å². The number of para-hydroxylation sites is 1. The first-order valence-corrected chi connectivity index (χ1v) is 5.69. The van der Waals surface area contributed by atoms with Crippen molar-refractivity contribution in [2.24, 2.45) is 5.73 Å². The zero-order chi connectivity index (χ0) is 13.8. The fraction of sp³-hybridized carbons (Fsp3) is 0.250. The zero-order valence-electron chi connectivity index (χ0n) is 10.1. The number of amides is 4. The molecule has 0 aliphatic carbocycles. The molecule has 0 unspecified atom stereocenters. The van der Waals surface area contributed by atoms with Crippen molar-refractivity contribution in [1.29, 1.82) is 0 Å². The maximum absolute atomic E-state index is 11.7. The highest BCUT2D eigenvalue weighted by Gasteiger charge is 2.26. The molecule has 3 N–H and O–H groups in total. The molecule has 1 saturated heterocycles. The Morgan fingerprint density at radius 2 is 2.11 bits per heavy atom. The van der Waals surface area contributed by atoms with E-state index in [0.29, 0.717) is 13.1 Å². The molecule has 1 heterocycles. The Hall–Kier alpha value is -2.57. The van der Waals surface area contributed by atoms with Gasteiger partial charge in [0.25, 0.3) is 11.8 Å². The van der Waals surface area contributed by atoms with Crippen molar-refractivity contribution in [1.82, 2.24) is 10.2 Å². The summed E-state index contributed by atoms with van der Waals surface area (Å²) >= 11 is 0. The molecule has 0 aromatic heterocycles.